The van der Waals surface area contributed by atoms with E-state index in [1.54, 1.807) is 25.1 Å². The summed E-state index contributed by atoms with van der Waals surface area (Å²) < 4.78 is 6.25. The summed E-state index contributed by atoms with van der Waals surface area (Å²) in [6, 6.07) is 7.45. The second-order valence-corrected chi connectivity index (χ2v) is 4.71. The molecule has 0 unspecified atom stereocenters. The Morgan fingerprint density at radius 1 is 1.35 bits per heavy atom. The van der Waals surface area contributed by atoms with Crippen molar-refractivity contribution in [3.63, 3.8) is 0 Å². The van der Waals surface area contributed by atoms with Crippen molar-refractivity contribution in [1.29, 1.82) is 0 Å². The Morgan fingerprint density at radius 3 is 2.70 bits per heavy atom. The van der Waals surface area contributed by atoms with E-state index < -0.39 is 16.8 Å². The zero-order chi connectivity index (χ0) is 17.0. The number of aryl methyl sites for hydroxylation is 1. The van der Waals surface area contributed by atoms with Crippen molar-refractivity contribution in [1.82, 2.24) is 4.57 Å². The molecule has 0 bridgehead atoms. The molecule has 0 aliphatic rings. The predicted molar refractivity (Wildman–Crippen MR) is 82.4 cm³/mol. The van der Waals surface area contributed by atoms with E-state index in [2.05, 4.69) is 5.32 Å². The van der Waals surface area contributed by atoms with Gasteiger partial charge < -0.3 is 14.6 Å². The fourth-order valence-corrected chi connectivity index (χ4v) is 2.01. The molecule has 2 aromatic rings. The number of rotatable bonds is 5. The van der Waals surface area contributed by atoms with Gasteiger partial charge in [0.1, 0.15) is 5.69 Å². The summed E-state index contributed by atoms with van der Waals surface area (Å²) in [7, 11) is 1.54. The lowest BCUT2D eigenvalue weighted by Gasteiger charge is -2.07. The van der Waals surface area contributed by atoms with Crippen molar-refractivity contribution < 1.29 is 19.2 Å². The number of benzene rings is 1. The van der Waals surface area contributed by atoms with Crippen molar-refractivity contribution in [2.24, 2.45) is 7.05 Å². The van der Waals surface area contributed by atoms with Crippen LogP contribution in [0.25, 0.3) is 0 Å². The molecular weight excluding hydrogens is 302 g/mol. The molecule has 23 heavy (non-hydrogen) atoms. The van der Waals surface area contributed by atoms with Crippen LogP contribution >= 0.6 is 0 Å². The minimum atomic E-state index is -0.571. The summed E-state index contributed by atoms with van der Waals surface area (Å²) in [5.74, 6) is -1.00. The number of nitro groups is 1. The maximum atomic E-state index is 12.2. The molecule has 0 saturated carbocycles. The largest absolute Gasteiger partial charge is 0.462 e. The molecule has 1 amide bonds. The van der Waals surface area contributed by atoms with Gasteiger partial charge in [-0.1, -0.05) is 6.07 Å². The smallest absolute Gasteiger partial charge is 0.338 e. The van der Waals surface area contributed by atoms with Crippen LogP contribution in [0.2, 0.25) is 0 Å². The zero-order valence-corrected chi connectivity index (χ0v) is 12.6. The molecule has 8 nitrogen and oxygen atoms in total. The maximum Gasteiger partial charge on any atom is 0.338 e. The van der Waals surface area contributed by atoms with Gasteiger partial charge >= 0.3 is 5.97 Å². The highest BCUT2D eigenvalue weighted by molar-refractivity contribution is 6.04. The van der Waals surface area contributed by atoms with Crippen LogP contribution in [0, 0.1) is 10.1 Å². The standard InChI is InChI=1S/C15H15N3O5/c1-3-23-15(20)10-5-4-6-11(7-10)16-14(19)13-8-12(18(21)22)9-17(13)2/h4-9H,3H2,1-2H3,(H,16,19). The van der Waals surface area contributed by atoms with Crippen LogP contribution < -0.4 is 5.32 Å². The van der Waals surface area contributed by atoms with Gasteiger partial charge in [0.05, 0.1) is 23.3 Å². The second kappa shape index (κ2) is 6.73. The Bertz CT molecular complexity index is 766. The Kier molecular flexibility index (Phi) is 4.75. The zero-order valence-electron chi connectivity index (χ0n) is 12.6. The molecule has 1 heterocycles. The maximum absolute atomic E-state index is 12.2. The normalized spacial score (nSPS) is 10.2. The Morgan fingerprint density at radius 2 is 2.09 bits per heavy atom. The lowest BCUT2D eigenvalue weighted by atomic mass is 10.2. The number of esters is 1. The predicted octanol–water partition coefficient (Wildman–Crippen LogP) is 2.36. The molecule has 0 aliphatic heterocycles. The molecule has 0 saturated heterocycles. The van der Waals surface area contributed by atoms with E-state index in [0.29, 0.717) is 11.3 Å². The number of carbonyl (C=O) groups is 2. The fourth-order valence-electron chi connectivity index (χ4n) is 2.01. The number of ether oxygens (including phenoxy) is 1. The molecule has 0 radical (unpaired) electrons. The topological polar surface area (TPSA) is 103 Å². The third-order valence-corrected chi connectivity index (χ3v) is 3.07. The summed E-state index contributed by atoms with van der Waals surface area (Å²) >= 11 is 0. The monoisotopic (exact) mass is 317 g/mol. The Balaban J connectivity index is 2.19. The molecule has 1 aromatic heterocycles. The number of hydrogen-bond acceptors (Lipinski definition) is 5. The summed E-state index contributed by atoms with van der Waals surface area (Å²) in [4.78, 5) is 34.0. The first-order valence-electron chi connectivity index (χ1n) is 6.81. The molecule has 8 heteroatoms. The van der Waals surface area contributed by atoms with E-state index >= 15 is 0 Å². The van der Waals surface area contributed by atoms with Crippen molar-refractivity contribution >= 4 is 23.3 Å². The molecule has 0 aliphatic carbocycles. The van der Waals surface area contributed by atoms with Crippen molar-refractivity contribution in [2.75, 3.05) is 11.9 Å². The molecule has 0 atom stereocenters. The fraction of sp³-hybridized carbons (Fsp3) is 0.200. The first-order valence-corrected chi connectivity index (χ1v) is 6.81. The van der Waals surface area contributed by atoms with E-state index in [4.69, 9.17) is 4.74 Å². The lowest BCUT2D eigenvalue weighted by Crippen LogP contribution is -2.15. The highest BCUT2D eigenvalue weighted by Crippen LogP contribution is 2.18. The quantitative estimate of drug-likeness (QED) is 0.518. The van der Waals surface area contributed by atoms with Gasteiger partial charge in [-0.25, -0.2) is 4.79 Å². The number of aromatic nitrogens is 1. The second-order valence-electron chi connectivity index (χ2n) is 4.71. The minimum absolute atomic E-state index is 0.137. The number of nitrogens with one attached hydrogen (secondary N) is 1. The van der Waals surface area contributed by atoms with Gasteiger partial charge in [-0.3, -0.25) is 14.9 Å². The van der Waals surface area contributed by atoms with E-state index in [1.165, 1.54) is 29.9 Å². The number of amides is 1. The molecule has 1 N–H and O–H groups in total. The molecule has 0 fully saturated rings. The van der Waals surface area contributed by atoms with Gasteiger partial charge in [0, 0.05) is 18.8 Å². The molecule has 120 valence electrons. The average molecular weight is 317 g/mol. The van der Waals surface area contributed by atoms with E-state index in [1.807, 2.05) is 0 Å². The van der Waals surface area contributed by atoms with E-state index in [0.717, 1.165) is 0 Å². The molecular formula is C15H15N3O5. The van der Waals surface area contributed by atoms with Gasteiger partial charge in [0.15, 0.2) is 0 Å². The van der Waals surface area contributed by atoms with Crippen LogP contribution in [0.15, 0.2) is 36.5 Å². The number of anilines is 1. The third-order valence-electron chi connectivity index (χ3n) is 3.07. The Hall–Kier alpha value is -3.16. The van der Waals surface area contributed by atoms with Gasteiger partial charge in [0.2, 0.25) is 0 Å². The third kappa shape index (κ3) is 3.73. The molecule has 1 aromatic carbocycles. The van der Waals surface area contributed by atoms with Crippen molar-refractivity contribution in [3.05, 3.63) is 57.9 Å². The first kappa shape index (κ1) is 16.2. The van der Waals surface area contributed by atoms with Crippen LogP contribution in [-0.2, 0) is 11.8 Å². The van der Waals surface area contributed by atoms with Gasteiger partial charge in [-0.15, -0.1) is 0 Å². The first-order chi connectivity index (χ1) is 10.9. The summed E-state index contributed by atoms with van der Waals surface area (Å²) in [5, 5.41) is 13.3. The Labute approximate surface area is 131 Å². The summed E-state index contributed by atoms with van der Waals surface area (Å²) in [6.07, 6.45) is 1.25. The van der Waals surface area contributed by atoms with Crippen molar-refractivity contribution in [3.8, 4) is 0 Å². The SMILES string of the molecule is CCOC(=O)c1cccc(NC(=O)c2cc([N+](=O)[O-])cn2C)c1. The van der Waals surface area contributed by atoms with E-state index in [-0.39, 0.29) is 18.0 Å². The van der Waals surface area contributed by atoms with Gasteiger partial charge in [-0.05, 0) is 25.1 Å². The highest BCUT2D eigenvalue weighted by atomic mass is 16.6. The average Bonchev–Trinajstić information content (AvgIpc) is 2.90. The van der Waals surface area contributed by atoms with Gasteiger partial charge in [-0.2, -0.15) is 0 Å². The lowest BCUT2D eigenvalue weighted by molar-refractivity contribution is -0.384. The van der Waals surface area contributed by atoms with Crippen LogP contribution in [0.3, 0.4) is 0 Å². The highest BCUT2D eigenvalue weighted by Gasteiger charge is 2.18. The van der Waals surface area contributed by atoms with Gasteiger partial charge in [0.25, 0.3) is 11.6 Å². The van der Waals surface area contributed by atoms with E-state index in [9.17, 15) is 19.7 Å². The van der Waals surface area contributed by atoms with Crippen molar-refractivity contribution in [2.45, 2.75) is 6.92 Å². The minimum Gasteiger partial charge on any atom is -0.462 e. The number of nitrogens with zero attached hydrogens (tertiary/aromatic N) is 2. The number of carbonyl (C=O) groups excluding carboxylic acids is 2. The van der Waals surface area contributed by atoms with Crippen LogP contribution in [0.1, 0.15) is 27.8 Å². The summed E-state index contributed by atoms with van der Waals surface area (Å²) in [6.45, 7) is 1.95. The van der Waals surface area contributed by atoms with Crippen LogP contribution in [0.5, 0.6) is 0 Å². The molecule has 0 spiro atoms. The molecule has 2 rings (SSSR count). The summed E-state index contributed by atoms with van der Waals surface area (Å²) in [5.41, 5.74) is 0.670. The van der Waals surface area contributed by atoms with Crippen LogP contribution in [0.4, 0.5) is 11.4 Å². The van der Waals surface area contributed by atoms with Crippen LogP contribution in [-0.4, -0.2) is 28.0 Å². The number of hydrogen-bond donors (Lipinski definition) is 1.